The zero-order valence-electron chi connectivity index (χ0n) is 25.0. The number of fused-ring (bicyclic) bond motifs is 7. The minimum atomic E-state index is 0.0313. The number of hydrogen-bond donors (Lipinski definition) is 0. The molecule has 2 aliphatic heterocycles. The van der Waals surface area contributed by atoms with Crippen LogP contribution in [0.25, 0.3) is 33.3 Å². The SMILES string of the molecule is N#Cc1nc2c(nc1C#N)-c1cc(N3c4ccccc4Sc4ccccc43)cc3cc(N4c5ccccc5Sc5ccccc54)cc-2c13. The number of benzene rings is 6. The number of para-hydroxylation sites is 4. The van der Waals surface area contributed by atoms with Gasteiger partial charge in [0.25, 0.3) is 0 Å². The van der Waals surface area contributed by atoms with Gasteiger partial charge < -0.3 is 9.80 Å². The van der Waals surface area contributed by atoms with E-state index < -0.39 is 0 Å². The molecule has 7 aromatic rings. The first kappa shape index (κ1) is 27.1. The van der Waals surface area contributed by atoms with Gasteiger partial charge in [-0.2, -0.15) is 10.5 Å². The van der Waals surface area contributed by atoms with E-state index in [1.165, 1.54) is 19.6 Å². The van der Waals surface area contributed by atoms with Gasteiger partial charge in [0.2, 0.25) is 0 Å². The maximum Gasteiger partial charge on any atom is 0.177 e. The molecule has 6 aromatic carbocycles. The Kier molecular flexibility index (Phi) is 5.77. The van der Waals surface area contributed by atoms with Crippen molar-refractivity contribution in [3.05, 3.63) is 133 Å². The van der Waals surface area contributed by atoms with Crippen LogP contribution in [0, 0.1) is 22.7 Å². The molecule has 222 valence electrons. The largest absolute Gasteiger partial charge is 0.308 e. The quantitative estimate of drug-likeness (QED) is 0.183. The second kappa shape index (κ2) is 10.2. The summed E-state index contributed by atoms with van der Waals surface area (Å²) in [5.74, 6) is 0. The fraction of sp³-hybridized carbons (Fsp3) is 0. The van der Waals surface area contributed by atoms with Crippen molar-refractivity contribution in [2.45, 2.75) is 19.6 Å². The fourth-order valence-electron chi connectivity index (χ4n) is 7.05. The number of anilines is 6. The molecule has 48 heavy (non-hydrogen) atoms. The number of nitrogens with zero attached hydrogens (tertiary/aromatic N) is 6. The zero-order chi connectivity index (χ0) is 31.9. The number of nitriles is 2. The van der Waals surface area contributed by atoms with E-state index in [0.717, 1.165) is 56.0 Å². The lowest BCUT2D eigenvalue weighted by molar-refractivity contribution is 1.14. The molecule has 0 saturated carbocycles. The van der Waals surface area contributed by atoms with Crippen LogP contribution in [0.4, 0.5) is 34.1 Å². The molecule has 0 N–H and O–H groups in total. The Morgan fingerprint density at radius 3 is 1.19 bits per heavy atom. The van der Waals surface area contributed by atoms with Crippen LogP contribution in [0.15, 0.2) is 141 Å². The van der Waals surface area contributed by atoms with Crippen molar-refractivity contribution in [3.8, 4) is 34.7 Å². The molecule has 0 unspecified atom stereocenters. The van der Waals surface area contributed by atoms with E-state index in [9.17, 15) is 10.5 Å². The minimum absolute atomic E-state index is 0.0313. The molecule has 0 radical (unpaired) electrons. The summed E-state index contributed by atoms with van der Waals surface area (Å²) in [6.45, 7) is 0. The van der Waals surface area contributed by atoms with E-state index >= 15 is 0 Å². The van der Waals surface area contributed by atoms with Crippen LogP contribution in [0.3, 0.4) is 0 Å². The van der Waals surface area contributed by atoms with Crippen molar-refractivity contribution < 1.29 is 0 Å². The van der Waals surface area contributed by atoms with Gasteiger partial charge in [0.05, 0.1) is 34.1 Å². The lowest BCUT2D eigenvalue weighted by Gasteiger charge is -2.34. The van der Waals surface area contributed by atoms with Crippen molar-refractivity contribution >= 4 is 68.4 Å². The molecular formula is C40H20N6S2. The van der Waals surface area contributed by atoms with E-state index in [1.807, 2.05) is 0 Å². The van der Waals surface area contributed by atoms with Crippen LogP contribution in [-0.4, -0.2) is 9.97 Å². The molecule has 8 heteroatoms. The second-order valence-corrected chi connectivity index (χ2v) is 13.8. The van der Waals surface area contributed by atoms with Crippen LogP contribution in [0.1, 0.15) is 11.4 Å². The highest BCUT2D eigenvalue weighted by molar-refractivity contribution is 8.00. The Bertz CT molecular complexity index is 2370. The highest BCUT2D eigenvalue weighted by Crippen LogP contribution is 2.57. The van der Waals surface area contributed by atoms with Gasteiger partial charge >= 0.3 is 0 Å². The van der Waals surface area contributed by atoms with Crippen molar-refractivity contribution in [2.24, 2.45) is 0 Å². The third kappa shape index (κ3) is 3.82. The number of hydrogen-bond acceptors (Lipinski definition) is 8. The zero-order valence-corrected chi connectivity index (χ0v) is 26.7. The van der Waals surface area contributed by atoms with Crippen molar-refractivity contribution in [2.75, 3.05) is 9.80 Å². The van der Waals surface area contributed by atoms with Gasteiger partial charge in [0.15, 0.2) is 11.4 Å². The summed E-state index contributed by atoms with van der Waals surface area (Å²) in [5, 5.41) is 21.9. The van der Waals surface area contributed by atoms with E-state index in [2.05, 4.69) is 143 Å². The first-order valence-corrected chi connectivity index (χ1v) is 17.0. The first-order chi connectivity index (χ1) is 23.7. The van der Waals surface area contributed by atoms with E-state index in [1.54, 1.807) is 23.5 Å². The molecule has 3 aliphatic rings. The van der Waals surface area contributed by atoms with Crippen LogP contribution in [0.2, 0.25) is 0 Å². The van der Waals surface area contributed by atoms with Crippen molar-refractivity contribution in [1.29, 1.82) is 10.5 Å². The van der Waals surface area contributed by atoms with Crippen LogP contribution < -0.4 is 9.80 Å². The highest BCUT2D eigenvalue weighted by Gasteiger charge is 2.33. The molecule has 0 bridgehead atoms. The Hall–Kier alpha value is -6.06. The number of aromatic nitrogens is 2. The Morgan fingerprint density at radius 1 is 0.479 bits per heavy atom. The Labute approximate surface area is 284 Å². The van der Waals surface area contributed by atoms with Gasteiger partial charge in [0, 0.05) is 47.5 Å². The van der Waals surface area contributed by atoms with Gasteiger partial charge in [-0.3, -0.25) is 0 Å². The molecule has 0 saturated heterocycles. The van der Waals surface area contributed by atoms with E-state index in [0.29, 0.717) is 11.4 Å². The Morgan fingerprint density at radius 2 is 0.833 bits per heavy atom. The summed E-state index contributed by atoms with van der Waals surface area (Å²) in [5.41, 5.74) is 9.45. The summed E-state index contributed by atoms with van der Waals surface area (Å²) < 4.78 is 0. The fourth-order valence-corrected chi connectivity index (χ4v) is 9.16. The van der Waals surface area contributed by atoms with Gasteiger partial charge in [-0.1, -0.05) is 72.1 Å². The van der Waals surface area contributed by atoms with E-state index in [4.69, 9.17) is 9.97 Å². The summed E-state index contributed by atoms with van der Waals surface area (Å²) in [6, 6.07) is 46.9. The third-order valence-electron chi connectivity index (χ3n) is 9.02. The van der Waals surface area contributed by atoms with E-state index in [-0.39, 0.29) is 11.4 Å². The predicted molar refractivity (Wildman–Crippen MR) is 191 cm³/mol. The topological polar surface area (TPSA) is 79.8 Å². The monoisotopic (exact) mass is 648 g/mol. The molecule has 1 aromatic heterocycles. The normalized spacial score (nSPS) is 13.1. The second-order valence-electron chi connectivity index (χ2n) is 11.7. The maximum absolute atomic E-state index is 9.95. The summed E-state index contributed by atoms with van der Waals surface area (Å²) in [7, 11) is 0. The lowest BCUT2D eigenvalue weighted by atomic mass is 10.00. The van der Waals surface area contributed by atoms with Crippen LogP contribution in [-0.2, 0) is 0 Å². The molecule has 6 nitrogen and oxygen atoms in total. The average Bonchev–Trinajstić information content (AvgIpc) is 3.44. The predicted octanol–water partition coefficient (Wildman–Crippen LogP) is 10.9. The summed E-state index contributed by atoms with van der Waals surface area (Å²) >= 11 is 3.54. The molecule has 0 atom stereocenters. The lowest BCUT2D eigenvalue weighted by Crippen LogP contribution is -2.15. The van der Waals surface area contributed by atoms with Crippen molar-refractivity contribution in [3.63, 3.8) is 0 Å². The molecule has 0 amide bonds. The average molecular weight is 649 g/mol. The van der Waals surface area contributed by atoms with Gasteiger partial charge in [-0.25, -0.2) is 9.97 Å². The molecule has 10 rings (SSSR count). The number of rotatable bonds is 2. The molecular weight excluding hydrogens is 629 g/mol. The Balaban J connectivity index is 1.29. The summed E-state index contributed by atoms with van der Waals surface area (Å²) in [6.07, 6.45) is 0. The van der Waals surface area contributed by atoms with Crippen molar-refractivity contribution in [1.82, 2.24) is 9.97 Å². The highest BCUT2D eigenvalue weighted by atomic mass is 32.2. The van der Waals surface area contributed by atoms with Gasteiger partial charge in [0.1, 0.15) is 12.1 Å². The minimum Gasteiger partial charge on any atom is -0.308 e. The first-order valence-electron chi connectivity index (χ1n) is 15.4. The van der Waals surface area contributed by atoms with Gasteiger partial charge in [-0.15, -0.1) is 0 Å². The molecule has 1 aliphatic carbocycles. The van der Waals surface area contributed by atoms with Crippen LogP contribution in [0.5, 0.6) is 0 Å². The van der Waals surface area contributed by atoms with Crippen LogP contribution >= 0.6 is 23.5 Å². The third-order valence-corrected chi connectivity index (χ3v) is 11.3. The van der Waals surface area contributed by atoms with Gasteiger partial charge in [-0.05, 0) is 78.2 Å². The molecule has 0 fully saturated rings. The maximum atomic E-state index is 9.95. The standard InChI is InChI=1S/C40H20N6S2/c41-21-28-29(22-42)44-40-27-20-25(46-32-11-3-7-15-36(32)48-37-16-8-4-12-33(37)46)18-23-17-24(19-26(38(23)27)39(40)43-28)45-30-9-1-5-13-34(30)47-35-14-6-2-10-31(35)45/h1-20H. The summed E-state index contributed by atoms with van der Waals surface area (Å²) in [4.78, 5) is 18.9. The molecule has 0 spiro atoms. The smallest absolute Gasteiger partial charge is 0.177 e. The molecule has 3 heterocycles.